The fourth-order valence-electron chi connectivity index (χ4n) is 6.28. The molecule has 5 aromatic rings. The van der Waals surface area contributed by atoms with E-state index < -0.39 is 24.3 Å². The van der Waals surface area contributed by atoms with Crippen molar-refractivity contribution in [3.05, 3.63) is 149 Å². The molecule has 2 N–H and O–H groups in total. The van der Waals surface area contributed by atoms with Crippen molar-refractivity contribution in [2.24, 2.45) is 0 Å². The average Bonchev–Trinajstić information content (AvgIpc) is 3.47. The highest BCUT2D eigenvalue weighted by atomic mass is 32.2. The molecule has 3 amide bonds. The number of carbonyl (C=O) groups excluding carboxylic acids is 3. The number of likely N-dealkylation sites (tertiary alicyclic amines) is 1. The Bertz CT molecular complexity index is 2020. The standard InChI is InChI=1S/C41H38N4O7S/c46-24-27-10-12-31(13-11-27)36-21-34(26-53-40-42-18-5-19-43-40)51-39(52-36)32-16-14-30(15-17-32)33-9-4-8-29(20-33)23-45-37(47)22-35(38(45)48)44-41(49)50-25-28-6-2-1-3-7-28/h1-20,34-36,39,46H,21-26H2,(H,44,49). The Morgan fingerprint density at radius 1 is 0.830 bits per heavy atom. The fraction of sp³-hybridized carbons (Fsp3) is 0.244. The molecule has 0 aliphatic carbocycles. The molecular formula is C41H38N4O7S. The third-order valence-electron chi connectivity index (χ3n) is 9.09. The van der Waals surface area contributed by atoms with Crippen molar-refractivity contribution >= 4 is 29.7 Å². The van der Waals surface area contributed by atoms with Crippen LogP contribution in [0.5, 0.6) is 0 Å². The number of hydrogen-bond donors (Lipinski definition) is 2. The topological polar surface area (TPSA) is 140 Å². The molecule has 1 aromatic heterocycles. The van der Waals surface area contributed by atoms with Crippen LogP contribution in [0.2, 0.25) is 0 Å². The van der Waals surface area contributed by atoms with Gasteiger partial charge in [-0.05, 0) is 45.5 Å². The quantitative estimate of drug-likeness (QED) is 0.0828. The van der Waals surface area contributed by atoms with Gasteiger partial charge in [-0.3, -0.25) is 14.5 Å². The molecule has 270 valence electrons. The lowest BCUT2D eigenvalue weighted by atomic mass is 9.99. The SMILES string of the molecule is O=C(NC1CC(=O)N(Cc2cccc(-c3ccc(C4OC(CSc5ncccn5)CC(c5ccc(CO)cc5)O4)cc3)c2)C1=O)OCc1ccccc1. The summed E-state index contributed by atoms with van der Waals surface area (Å²) in [6, 6.07) is 33.4. The molecule has 4 aromatic carbocycles. The van der Waals surface area contributed by atoms with Gasteiger partial charge in [0.1, 0.15) is 12.6 Å². The molecule has 2 aliphatic heterocycles. The van der Waals surface area contributed by atoms with Crippen LogP contribution < -0.4 is 5.32 Å². The summed E-state index contributed by atoms with van der Waals surface area (Å²) in [6.45, 7) is 0.118. The minimum absolute atomic E-state index is 0.0243. The van der Waals surface area contributed by atoms with Crippen LogP contribution in [0.3, 0.4) is 0 Å². The molecule has 0 radical (unpaired) electrons. The highest BCUT2D eigenvalue weighted by Crippen LogP contribution is 2.39. The van der Waals surface area contributed by atoms with E-state index in [-0.39, 0.29) is 44.3 Å². The van der Waals surface area contributed by atoms with Gasteiger partial charge in [0.05, 0.1) is 31.8 Å². The number of aliphatic hydroxyl groups excluding tert-OH is 1. The van der Waals surface area contributed by atoms with Crippen LogP contribution in [0.1, 0.15) is 53.1 Å². The van der Waals surface area contributed by atoms with E-state index in [1.54, 1.807) is 18.5 Å². The second-order valence-corrected chi connectivity index (χ2v) is 13.8. The average molecular weight is 731 g/mol. The second kappa shape index (κ2) is 17.0. The summed E-state index contributed by atoms with van der Waals surface area (Å²) in [5, 5.41) is 12.7. The van der Waals surface area contributed by atoms with Crippen molar-refractivity contribution in [1.82, 2.24) is 20.2 Å². The molecule has 7 rings (SSSR count). The first-order valence-corrected chi connectivity index (χ1v) is 18.3. The van der Waals surface area contributed by atoms with Crippen LogP contribution >= 0.6 is 11.8 Å². The van der Waals surface area contributed by atoms with Crippen molar-refractivity contribution in [2.75, 3.05) is 5.75 Å². The lowest BCUT2D eigenvalue weighted by molar-refractivity contribution is -0.245. The summed E-state index contributed by atoms with van der Waals surface area (Å²) >= 11 is 1.54. The molecule has 3 heterocycles. The molecule has 0 bridgehead atoms. The van der Waals surface area contributed by atoms with E-state index in [1.807, 2.05) is 103 Å². The number of hydrogen-bond acceptors (Lipinski definition) is 10. The predicted molar refractivity (Wildman–Crippen MR) is 197 cm³/mol. The summed E-state index contributed by atoms with van der Waals surface area (Å²) in [7, 11) is 0. The Morgan fingerprint density at radius 3 is 2.32 bits per heavy atom. The van der Waals surface area contributed by atoms with Crippen molar-refractivity contribution in [3.63, 3.8) is 0 Å². The molecule has 4 unspecified atom stereocenters. The van der Waals surface area contributed by atoms with E-state index in [1.165, 1.54) is 16.7 Å². The summed E-state index contributed by atoms with van der Waals surface area (Å²) in [6.07, 6.45) is 2.26. The van der Waals surface area contributed by atoms with Gasteiger partial charge in [0, 0.05) is 30.1 Å². The molecule has 12 heteroatoms. The lowest BCUT2D eigenvalue weighted by Gasteiger charge is -2.36. The molecule has 11 nitrogen and oxygen atoms in total. The Hall–Kier alpha value is -5.40. The number of amides is 3. The Balaban J connectivity index is 0.998. The number of imide groups is 1. The molecule has 2 saturated heterocycles. The van der Waals surface area contributed by atoms with E-state index in [0.29, 0.717) is 17.3 Å². The number of nitrogens with zero attached hydrogens (tertiary/aromatic N) is 3. The van der Waals surface area contributed by atoms with Gasteiger partial charge in [-0.1, -0.05) is 109 Å². The number of ether oxygens (including phenoxy) is 3. The number of nitrogens with one attached hydrogen (secondary N) is 1. The number of thioether (sulfide) groups is 1. The number of aromatic nitrogens is 2. The van der Waals surface area contributed by atoms with Crippen molar-refractivity contribution in [2.45, 2.75) is 62.3 Å². The van der Waals surface area contributed by atoms with Gasteiger partial charge in [0.25, 0.3) is 5.91 Å². The van der Waals surface area contributed by atoms with Gasteiger partial charge in [-0.2, -0.15) is 0 Å². The zero-order valence-corrected chi connectivity index (χ0v) is 29.6. The third-order valence-corrected chi connectivity index (χ3v) is 10.1. The van der Waals surface area contributed by atoms with E-state index in [0.717, 1.165) is 38.9 Å². The monoisotopic (exact) mass is 730 g/mol. The van der Waals surface area contributed by atoms with Crippen LogP contribution in [-0.2, 0) is 43.6 Å². The minimum Gasteiger partial charge on any atom is -0.445 e. The molecule has 53 heavy (non-hydrogen) atoms. The zero-order valence-electron chi connectivity index (χ0n) is 28.7. The van der Waals surface area contributed by atoms with E-state index in [2.05, 4.69) is 15.3 Å². The Kier molecular flexibility index (Phi) is 11.5. The summed E-state index contributed by atoms with van der Waals surface area (Å²) < 4.78 is 18.2. The van der Waals surface area contributed by atoms with Crippen LogP contribution in [0.4, 0.5) is 4.79 Å². The van der Waals surface area contributed by atoms with Crippen molar-refractivity contribution < 1.29 is 33.7 Å². The maximum Gasteiger partial charge on any atom is 0.408 e. The van der Waals surface area contributed by atoms with E-state index in [4.69, 9.17) is 14.2 Å². The maximum absolute atomic E-state index is 13.1. The predicted octanol–water partition coefficient (Wildman–Crippen LogP) is 6.53. The molecule has 2 aliphatic rings. The van der Waals surface area contributed by atoms with Crippen LogP contribution in [0.15, 0.2) is 127 Å². The Morgan fingerprint density at radius 2 is 1.57 bits per heavy atom. The van der Waals surface area contributed by atoms with Gasteiger partial charge in [0.15, 0.2) is 11.4 Å². The van der Waals surface area contributed by atoms with Crippen molar-refractivity contribution in [1.29, 1.82) is 0 Å². The van der Waals surface area contributed by atoms with E-state index >= 15 is 0 Å². The molecule has 0 spiro atoms. The first-order valence-electron chi connectivity index (χ1n) is 17.3. The largest absolute Gasteiger partial charge is 0.445 e. The number of rotatable bonds is 12. The molecule has 4 atom stereocenters. The normalized spacial score (nSPS) is 20.0. The smallest absolute Gasteiger partial charge is 0.408 e. The second-order valence-electron chi connectivity index (χ2n) is 12.8. The van der Waals surface area contributed by atoms with Crippen LogP contribution in [-0.4, -0.2) is 55.8 Å². The van der Waals surface area contributed by atoms with E-state index in [9.17, 15) is 19.5 Å². The fourth-order valence-corrected chi connectivity index (χ4v) is 7.10. The van der Waals surface area contributed by atoms with Gasteiger partial charge < -0.3 is 24.6 Å². The number of benzene rings is 4. The lowest BCUT2D eigenvalue weighted by Crippen LogP contribution is -2.41. The number of alkyl carbamates (subject to hydrolysis) is 1. The first kappa shape index (κ1) is 36.0. The molecular weight excluding hydrogens is 693 g/mol. The summed E-state index contributed by atoms with van der Waals surface area (Å²) in [5.74, 6) is -0.178. The maximum atomic E-state index is 13.1. The highest BCUT2D eigenvalue weighted by Gasteiger charge is 2.40. The molecule has 0 saturated carbocycles. The van der Waals surface area contributed by atoms with Gasteiger partial charge in [-0.15, -0.1) is 0 Å². The van der Waals surface area contributed by atoms with Gasteiger partial charge in [-0.25, -0.2) is 14.8 Å². The number of carbonyl (C=O) groups is 3. The Labute approximate surface area is 311 Å². The third kappa shape index (κ3) is 9.16. The first-order chi connectivity index (χ1) is 25.9. The zero-order chi connectivity index (χ0) is 36.6. The van der Waals surface area contributed by atoms with Crippen LogP contribution in [0.25, 0.3) is 11.1 Å². The van der Waals surface area contributed by atoms with Gasteiger partial charge in [0.2, 0.25) is 5.91 Å². The minimum atomic E-state index is -0.977. The number of aliphatic hydroxyl groups is 1. The summed E-state index contributed by atoms with van der Waals surface area (Å²) in [5.41, 5.74) is 6.15. The van der Waals surface area contributed by atoms with Crippen molar-refractivity contribution in [3.8, 4) is 11.1 Å². The van der Waals surface area contributed by atoms with Crippen LogP contribution in [0, 0.1) is 0 Å². The summed E-state index contributed by atoms with van der Waals surface area (Å²) in [4.78, 5) is 48.2. The molecule has 2 fully saturated rings. The highest BCUT2D eigenvalue weighted by molar-refractivity contribution is 7.99. The van der Waals surface area contributed by atoms with Gasteiger partial charge >= 0.3 is 6.09 Å².